The first kappa shape index (κ1) is 12.6. The van der Waals surface area contributed by atoms with Crippen molar-refractivity contribution in [1.29, 1.82) is 0 Å². The lowest BCUT2D eigenvalue weighted by Crippen LogP contribution is -1.98. The van der Waals surface area contributed by atoms with E-state index in [2.05, 4.69) is 5.16 Å². The standard InChI is InChI=1S/C13H14FNO3/c1-8-5-11(18-15-8)7-17-10-3-4-12(9(2)16)13(14)6-10/h3-6,9,16H,7H2,1-2H3/t9-/m0/s1. The van der Waals surface area contributed by atoms with E-state index >= 15 is 0 Å². The fourth-order valence-electron chi connectivity index (χ4n) is 1.58. The Morgan fingerprint density at radius 1 is 1.44 bits per heavy atom. The van der Waals surface area contributed by atoms with Crippen LogP contribution in [0.3, 0.4) is 0 Å². The van der Waals surface area contributed by atoms with Gasteiger partial charge in [-0.25, -0.2) is 4.39 Å². The SMILES string of the molecule is Cc1cc(COc2ccc([C@H](C)O)c(F)c2)on1. The Bertz CT molecular complexity index is 537. The van der Waals surface area contributed by atoms with Crippen molar-refractivity contribution in [2.45, 2.75) is 26.6 Å². The number of hydrogen-bond donors (Lipinski definition) is 1. The fraction of sp³-hybridized carbons (Fsp3) is 0.308. The summed E-state index contributed by atoms with van der Waals surface area (Å²) in [5.74, 6) is 0.467. The van der Waals surface area contributed by atoms with Crippen LogP contribution in [0, 0.1) is 12.7 Å². The molecule has 0 bridgehead atoms. The molecule has 2 rings (SSSR count). The van der Waals surface area contributed by atoms with E-state index in [0.29, 0.717) is 11.5 Å². The van der Waals surface area contributed by atoms with Gasteiger partial charge >= 0.3 is 0 Å². The molecule has 1 heterocycles. The van der Waals surface area contributed by atoms with Gasteiger partial charge in [0, 0.05) is 17.7 Å². The Morgan fingerprint density at radius 2 is 2.22 bits per heavy atom. The molecule has 0 aliphatic carbocycles. The first-order chi connectivity index (χ1) is 8.56. The third-order valence-electron chi connectivity index (χ3n) is 2.48. The number of halogens is 1. The van der Waals surface area contributed by atoms with Crippen LogP contribution in [0.15, 0.2) is 28.8 Å². The van der Waals surface area contributed by atoms with Gasteiger partial charge in [0.05, 0.1) is 11.8 Å². The predicted molar refractivity (Wildman–Crippen MR) is 62.6 cm³/mol. The molecule has 0 spiro atoms. The minimum absolute atomic E-state index is 0.189. The van der Waals surface area contributed by atoms with Crippen molar-refractivity contribution in [3.63, 3.8) is 0 Å². The average molecular weight is 251 g/mol. The maximum absolute atomic E-state index is 13.6. The second-order valence-corrected chi connectivity index (χ2v) is 4.08. The minimum atomic E-state index is -0.837. The Kier molecular flexibility index (Phi) is 3.62. The van der Waals surface area contributed by atoms with Crippen LogP contribution in [0.1, 0.15) is 30.0 Å². The maximum Gasteiger partial charge on any atom is 0.174 e. The molecule has 0 fully saturated rings. The van der Waals surface area contributed by atoms with Gasteiger partial charge in [0.2, 0.25) is 0 Å². The molecule has 0 unspecified atom stereocenters. The zero-order valence-corrected chi connectivity index (χ0v) is 10.2. The molecule has 1 N–H and O–H groups in total. The van der Waals surface area contributed by atoms with Gasteiger partial charge < -0.3 is 14.4 Å². The van der Waals surface area contributed by atoms with Gasteiger partial charge in [0.15, 0.2) is 5.76 Å². The van der Waals surface area contributed by atoms with Gasteiger partial charge in [0.25, 0.3) is 0 Å². The smallest absolute Gasteiger partial charge is 0.174 e. The molecule has 0 radical (unpaired) electrons. The summed E-state index contributed by atoms with van der Waals surface area (Å²) in [5.41, 5.74) is 1.02. The average Bonchev–Trinajstić information content (AvgIpc) is 2.72. The second kappa shape index (κ2) is 5.18. The molecule has 18 heavy (non-hydrogen) atoms. The second-order valence-electron chi connectivity index (χ2n) is 4.08. The van der Waals surface area contributed by atoms with E-state index in [-0.39, 0.29) is 12.2 Å². The Hall–Kier alpha value is -1.88. The van der Waals surface area contributed by atoms with E-state index < -0.39 is 11.9 Å². The zero-order valence-electron chi connectivity index (χ0n) is 10.2. The molecule has 0 saturated heterocycles. The van der Waals surface area contributed by atoms with Crippen LogP contribution in [-0.4, -0.2) is 10.3 Å². The Balaban J connectivity index is 2.04. The van der Waals surface area contributed by atoms with Gasteiger partial charge in [-0.2, -0.15) is 0 Å². The van der Waals surface area contributed by atoms with Gasteiger partial charge in [-0.15, -0.1) is 0 Å². The molecular weight excluding hydrogens is 237 g/mol. The van der Waals surface area contributed by atoms with Gasteiger partial charge in [-0.05, 0) is 26.0 Å². The lowest BCUT2D eigenvalue weighted by molar-refractivity contribution is 0.193. The van der Waals surface area contributed by atoms with Crippen molar-refractivity contribution in [2.75, 3.05) is 0 Å². The summed E-state index contributed by atoms with van der Waals surface area (Å²) in [7, 11) is 0. The highest BCUT2D eigenvalue weighted by Crippen LogP contribution is 2.22. The van der Waals surface area contributed by atoms with E-state index in [1.54, 1.807) is 12.1 Å². The summed E-state index contributed by atoms with van der Waals surface area (Å²) in [5, 5.41) is 13.0. The summed E-state index contributed by atoms with van der Waals surface area (Å²) in [6.45, 7) is 3.51. The van der Waals surface area contributed by atoms with Gasteiger partial charge in [-0.3, -0.25) is 0 Å². The van der Waals surface area contributed by atoms with Crippen LogP contribution in [-0.2, 0) is 6.61 Å². The minimum Gasteiger partial charge on any atom is -0.485 e. The normalized spacial score (nSPS) is 12.4. The van der Waals surface area contributed by atoms with Crippen molar-refractivity contribution in [1.82, 2.24) is 5.16 Å². The van der Waals surface area contributed by atoms with E-state index in [4.69, 9.17) is 9.26 Å². The van der Waals surface area contributed by atoms with E-state index in [1.165, 1.54) is 19.1 Å². The van der Waals surface area contributed by atoms with Crippen LogP contribution in [0.25, 0.3) is 0 Å². The molecule has 0 amide bonds. The van der Waals surface area contributed by atoms with Crippen LogP contribution >= 0.6 is 0 Å². The highest BCUT2D eigenvalue weighted by Gasteiger charge is 2.09. The van der Waals surface area contributed by atoms with E-state index in [9.17, 15) is 9.50 Å². The highest BCUT2D eigenvalue weighted by atomic mass is 19.1. The molecule has 96 valence electrons. The highest BCUT2D eigenvalue weighted by molar-refractivity contribution is 5.30. The molecule has 5 heteroatoms. The first-order valence-corrected chi connectivity index (χ1v) is 5.59. The molecule has 2 aromatic rings. The largest absolute Gasteiger partial charge is 0.485 e. The molecule has 0 aliphatic rings. The number of ether oxygens (including phenoxy) is 1. The summed E-state index contributed by atoms with van der Waals surface area (Å²) in [6, 6.07) is 6.10. The number of rotatable bonds is 4. The van der Waals surface area contributed by atoms with Crippen molar-refractivity contribution < 1.29 is 18.8 Å². The number of aryl methyl sites for hydroxylation is 1. The lowest BCUT2D eigenvalue weighted by Gasteiger charge is -2.08. The molecule has 0 aliphatic heterocycles. The fourth-order valence-corrected chi connectivity index (χ4v) is 1.58. The number of nitrogens with zero attached hydrogens (tertiary/aromatic N) is 1. The topological polar surface area (TPSA) is 55.5 Å². The van der Waals surface area contributed by atoms with E-state index in [1.807, 2.05) is 6.92 Å². The molecule has 1 aromatic heterocycles. The van der Waals surface area contributed by atoms with Crippen molar-refractivity contribution in [3.8, 4) is 5.75 Å². The van der Waals surface area contributed by atoms with E-state index in [0.717, 1.165) is 5.69 Å². The third-order valence-corrected chi connectivity index (χ3v) is 2.48. The van der Waals surface area contributed by atoms with Crippen molar-refractivity contribution >= 4 is 0 Å². The lowest BCUT2D eigenvalue weighted by atomic mass is 10.1. The van der Waals surface area contributed by atoms with Gasteiger partial charge in [0.1, 0.15) is 18.2 Å². The van der Waals surface area contributed by atoms with Crippen molar-refractivity contribution in [3.05, 3.63) is 47.1 Å². The van der Waals surface area contributed by atoms with Crippen LogP contribution in [0.5, 0.6) is 5.75 Å². The number of aromatic nitrogens is 1. The Labute approximate surface area is 104 Å². The summed E-state index contributed by atoms with van der Waals surface area (Å²) < 4.78 is 23.9. The summed E-state index contributed by atoms with van der Waals surface area (Å²) >= 11 is 0. The predicted octanol–water partition coefficient (Wildman–Crippen LogP) is 2.75. The van der Waals surface area contributed by atoms with Crippen LogP contribution in [0.4, 0.5) is 4.39 Å². The number of aliphatic hydroxyl groups excluding tert-OH is 1. The zero-order chi connectivity index (χ0) is 13.1. The van der Waals surface area contributed by atoms with Crippen LogP contribution in [0.2, 0.25) is 0 Å². The number of aliphatic hydroxyl groups is 1. The molecule has 1 aromatic carbocycles. The third kappa shape index (κ3) is 2.87. The molecule has 0 saturated carbocycles. The number of hydrogen-bond acceptors (Lipinski definition) is 4. The maximum atomic E-state index is 13.6. The molecule has 1 atom stereocenters. The summed E-state index contributed by atoms with van der Waals surface area (Å²) in [6.07, 6.45) is -0.837. The first-order valence-electron chi connectivity index (χ1n) is 5.59. The molecular formula is C13H14FNO3. The molecule has 4 nitrogen and oxygen atoms in total. The number of benzene rings is 1. The van der Waals surface area contributed by atoms with Crippen molar-refractivity contribution in [2.24, 2.45) is 0 Å². The monoisotopic (exact) mass is 251 g/mol. The summed E-state index contributed by atoms with van der Waals surface area (Å²) in [4.78, 5) is 0. The van der Waals surface area contributed by atoms with Gasteiger partial charge in [-0.1, -0.05) is 5.16 Å². The quantitative estimate of drug-likeness (QED) is 0.907. The van der Waals surface area contributed by atoms with Crippen LogP contribution < -0.4 is 4.74 Å². The Morgan fingerprint density at radius 3 is 2.78 bits per heavy atom.